The van der Waals surface area contributed by atoms with Gasteiger partial charge in [-0.15, -0.1) is 10.2 Å². The van der Waals surface area contributed by atoms with Gasteiger partial charge in [-0.3, -0.25) is 4.90 Å². The molecule has 3 aliphatic heterocycles. The Morgan fingerprint density at radius 3 is 2.43 bits per heavy atom. The molecule has 0 radical (unpaired) electrons. The third kappa shape index (κ3) is 3.55. The molecule has 5 rings (SSSR count). The third-order valence-electron chi connectivity index (χ3n) is 6.93. The summed E-state index contributed by atoms with van der Waals surface area (Å²) in [6, 6.07) is 9.27. The summed E-state index contributed by atoms with van der Waals surface area (Å²) in [6.45, 7) is 4.23. The molecule has 3 aliphatic rings. The molecule has 2 bridgehead atoms. The number of rotatable bonds is 4. The average Bonchev–Trinajstić information content (AvgIpc) is 3.24. The van der Waals surface area contributed by atoms with Crippen LogP contribution in [0, 0.1) is 5.82 Å². The zero-order valence-electron chi connectivity index (χ0n) is 16.4. The Labute approximate surface area is 170 Å². The molecule has 1 aromatic heterocycles. The molecule has 5 nitrogen and oxygen atoms in total. The van der Waals surface area contributed by atoms with E-state index in [1.165, 1.54) is 31.7 Å². The minimum Gasteiger partial charge on any atom is -0.344 e. The molecule has 0 spiro atoms. The second-order valence-corrected chi connectivity index (χ2v) is 9.49. The lowest BCUT2D eigenvalue weighted by Gasteiger charge is -2.44. The predicted octanol–water partition coefficient (Wildman–Crippen LogP) is 3.02. The third-order valence-corrected chi connectivity index (χ3v) is 7.91. The summed E-state index contributed by atoms with van der Waals surface area (Å²) in [4.78, 5) is 7.67. The number of piperidine rings is 1. The molecule has 7 heteroatoms. The Morgan fingerprint density at radius 2 is 1.71 bits per heavy atom. The van der Waals surface area contributed by atoms with Gasteiger partial charge in [0.15, 0.2) is 0 Å². The monoisotopic (exact) mass is 401 g/mol. The summed E-state index contributed by atoms with van der Waals surface area (Å²) in [7, 11) is 2.31. The van der Waals surface area contributed by atoms with Crippen LogP contribution >= 0.6 is 11.3 Å². The van der Waals surface area contributed by atoms with Crippen molar-refractivity contribution < 1.29 is 4.39 Å². The number of fused-ring (bicyclic) bond motifs is 2. The fourth-order valence-electron chi connectivity index (χ4n) is 5.21. The van der Waals surface area contributed by atoms with Gasteiger partial charge >= 0.3 is 0 Å². The number of piperazine rings is 1. The number of hydrogen-bond donors (Lipinski definition) is 0. The van der Waals surface area contributed by atoms with Gasteiger partial charge in [-0.1, -0.05) is 29.5 Å². The number of anilines is 1. The second-order valence-electron chi connectivity index (χ2n) is 8.45. The van der Waals surface area contributed by atoms with E-state index in [1.54, 1.807) is 17.4 Å². The summed E-state index contributed by atoms with van der Waals surface area (Å²) >= 11 is 1.60. The molecule has 0 N–H and O–H groups in total. The maximum atomic E-state index is 13.9. The SMILES string of the molecule is CN1C2CCC1CC(N1CCN(c3nnc(Cc4ccccc4F)s3)CC1)C2. The Balaban J connectivity index is 1.18. The summed E-state index contributed by atoms with van der Waals surface area (Å²) < 4.78 is 13.9. The van der Waals surface area contributed by atoms with Gasteiger partial charge in [0.05, 0.1) is 0 Å². The molecule has 2 unspecified atom stereocenters. The van der Waals surface area contributed by atoms with Crippen LogP contribution in [-0.2, 0) is 6.42 Å². The number of nitrogens with zero attached hydrogens (tertiary/aromatic N) is 5. The molecule has 0 aliphatic carbocycles. The molecule has 4 heterocycles. The first kappa shape index (κ1) is 18.5. The molecule has 2 aromatic rings. The number of halogens is 1. The van der Waals surface area contributed by atoms with Crippen LogP contribution in [0.15, 0.2) is 24.3 Å². The zero-order valence-corrected chi connectivity index (χ0v) is 17.2. The van der Waals surface area contributed by atoms with Crippen molar-refractivity contribution in [3.63, 3.8) is 0 Å². The van der Waals surface area contributed by atoms with Crippen molar-refractivity contribution in [3.8, 4) is 0 Å². The van der Waals surface area contributed by atoms with E-state index >= 15 is 0 Å². The number of benzene rings is 1. The second kappa shape index (κ2) is 7.69. The van der Waals surface area contributed by atoms with Crippen LogP contribution in [0.1, 0.15) is 36.3 Å². The first-order chi connectivity index (χ1) is 13.7. The Bertz CT molecular complexity index is 805. The molecule has 1 aromatic carbocycles. The van der Waals surface area contributed by atoms with Crippen LogP contribution in [0.25, 0.3) is 0 Å². The van der Waals surface area contributed by atoms with Crippen LogP contribution in [0.2, 0.25) is 0 Å². The summed E-state index contributed by atoms with van der Waals surface area (Å²) in [5.41, 5.74) is 0.687. The molecular formula is C21H28FN5S. The van der Waals surface area contributed by atoms with Crippen molar-refractivity contribution in [2.75, 3.05) is 38.1 Å². The Morgan fingerprint density at radius 1 is 1.00 bits per heavy atom. The fourth-order valence-corrected chi connectivity index (χ4v) is 6.12. The Hall–Kier alpha value is -1.57. The highest BCUT2D eigenvalue weighted by atomic mass is 32.1. The van der Waals surface area contributed by atoms with Crippen molar-refractivity contribution in [2.24, 2.45) is 0 Å². The molecule has 28 heavy (non-hydrogen) atoms. The summed E-state index contributed by atoms with van der Waals surface area (Å²) in [5.74, 6) is -0.167. The quantitative estimate of drug-likeness (QED) is 0.787. The van der Waals surface area contributed by atoms with Crippen LogP contribution in [-0.4, -0.2) is 71.3 Å². The van der Waals surface area contributed by atoms with Crippen molar-refractivity contribution in [1.29, 1.82) is 0 Å². The normalized spacial score (nSPS) is 28.8. The van der Waals surface area contributed by atoms with E-state index < -0.39 is 0 Å². The van der Waals surface area contributed by atoms with Crippen LogP contribution < -0.4 is 4.90 Å². The fraction of sp³-hybridized carbons (Fsp3) is 0.619. The van der Waals surface area contributed by atoms with E-state index in [-0.39, 0.29) is 5.82 Å². The first-order valence-electron chi connectivity index (χ1n) is 10.4. The highest BCUT2D eigenvalue weighted by Crippen LogP contribution is 2.36. The topological polar surface area (TPSA) is 35.5 Å². The summed E-state index contributed by atoms with van der Waals surface area (Å²) in [6.07, 6.45) is 5.94. The molecule has 3 fully saturated rings. The number of hydrogen-bond acceptors (Lipinski definition) is 6. The smallest absolute Gasteiger partial charge is 0.208 e. The van der Waals surface area contributed by atoms with Gasteiger partial charge in [0.1, 0.15) is 10.8 Å². The van der Waals surface area contributed by atoms with Crippen molar-refractivity contribution in [1.82, 2.24) is 20.0 Å². The lowest BCUT2D eigenvalue weighted by molar-refractivity contribution is 0.0719. The van der Waals surface area contributed by atoms with Crippen LogP contribution in [0.3, 0.4) is 0 Å². The van der Waals surface area contributed by atoms with Crippen LogP contribution in [0.4, 0.5) is 9.52 Å². The minimum absolute atomic E-state index is 0.167. The van der Waals surface area contributed by atoms with E-state index in [2.05, 4.69) is 31.9 Å². The van der Waals surface area contributed by atoms with Gasteiger partial charge in [0, 0.05) is 50.7 Å². The van der Waals surface area contributed by atoms with Gasteiger partial charge < -0.3 is 9.80 Å². The Kier molecular flexibility index (Phi) is 5.07. The zero-order chi connectivity index (χ0) is 19.1. The van der Waals surface area contributed by atoms with E-state index in [0.717, 1.165) is 54.4 Å². The lowest BCUT2D eigenvalue weighted by Crippen LogP contribution is -2.55. The van der Waals surface area contributed by atoms with Crippen LogP contribution in [0.5, 0.6) is 0 Å². The van der Waals surface area contributed by atoms with Gasteiger partial charge in [0.2, 0.25) is 5.13 Å². The maximum Gasteiger partial charge on any atom is 0.208 e. The lowest BCUT2D eigenvalue weighted by atomic mass is 9.96. The van der Waals surface area contributed by atoms with Gasteiger partial charge in [-0.05, 0) is 44.4 Å². The van der Waals surface area contributed by atoms with Crippen molar-refractivity contribution >= 4 is 16.5 Å². The molecule has 0 saturated carbocycles. The maximum absolute atomic E-state index is 13.9. The van der Waals surface area contributed by atoms with Crippen molar-refractivity contribution in [3.05, 3.63) is 40.7 Å². The molecule has 0 amide bonds. The van der Waals surface area contributed by atoms with Gasteiger partial charge in [0.25, 0.3) is 0 Å². The minimum atomic E-state index is -0.167. The molecule has 150 valence electrons. The van der Waals surface area contributed by atoms with E-state index in [9.17, 15) is 4.39 Å². The van der Waals surface area contributed by atoms with Gasteiger partial charge in [-0.2, -0.15) is 0 Å². The van der Waals surface area contributed by atoms with E-state index in [0.29, 0.717) is 12.0 Å². The first-order valence-corrected chi connectivity index (χ1v) is 11.3. The predicted molar refractivity (Wildman–Crippen MR) is 110 cm³/mol. The summed E-state index contributed by atoms with van der Waals surface area (Å²) in [5, 5.41) is 10.6. The largest absolute Gasteiger partial charge is 0.344 e. The average molecular weight is 402 g/mol. The molecule has 2 atom stereocenters. The highest BCUT2D eigenvalue weighted by Gasteiger charge is 2.40. The molecule has 3 saturated heterocycles. The van der Waals surface area contributed by atoms with Gasteiger partial charge in [-0.25, -0.2) is 4.39 Å². The standard InChI is InChI=1S/C21H28FN5S/c1-25-16-6-7-17(25)14-18(13-16)26-8-10-27(11-9-26)21-24-23-20(28-21)12-15-4-2-3-5-19(15)22/h2-5,16-18H,6-14H2,1H3. The highest BCUT2D eigenvalue weighted by molar-refractivity contribution is 7.15. The molecular weight excluding hydrogens is 373 g/mol. The number of aromatic nitrogens is 2. The van der Waals surface area contributed by atoms with Crippen molar-refractivity contribution in [2.45, 2.75) is 50.2 Å². The van der Waals surface area contributed by atoms with E-state index in [1.807, 2.05) is 12.1 Å². The van der Waals surface area contributed by atoms with E-state index in [4.69, 9.17) is 0 Å².